The highest BCUT2D eigenvalue weighted by atomic mass is 15.4. The Morgan fingerprint density at radius 2 is 2.24 bits per heavy atom. The topological polar surface area (TPSA) is 60.0 Å². The van der Waals surface area contributed by atoms with E-state index in [1.54, 1.807) is 4.68 Å². The summed E-state index contributed by atoms with van der Waals surface area (Å²) in [6.07, 6.45) is 1.93. The van der Waals surface area contributed by atoms with Gasteiger partial charge in [-0.1, -0.05) is 11.3 Å². The molecule has 2 rings (SSSR count). The first kappa shape index (κ1) is 11.4. The van der Waals surface area contributed by atoms with E-state index in [9.17, 15) is 0 Å². The van der Waals surface area contributed by atoms with Crippen LogP contribution in [-0.2, 0) is 13.6 Å². The van der Waals surface area contributed by atoms with Crippen LogP contribution in [0.5, 0.6) is 0 Å². The fraction of sp³-hybridized carbons (Fsp3) is 0.333. The van der Waals surface area contributed by atoms with Gasteiger partial charge < -0.3 is 10.6 Å². The molecule has 1 heterocycles. The summed E-state index contributed by atoms with van der Waals surface area (Å²) in [6, 6.07) is 7.87. The van der Waals surface area contributed by atoms with Gasteiger partial charge in [-0.2, -0.15) is 0 Å². The third kappa shape index (κ3) is 2.75. The molecule has 17 heavy (non-hydrogen) atoms. The molecular weight excluding hydrogens is 214 g/mol. The number of aryl methyl sites for hydroxylation is 1. The summed E-state index contributed by atoms with van der Waals surface area (Å²) in [7, 11) is 1.87. The van der Waals surface area contributed by atoms with Gasteiger partial charge in [-0.05, 0) is 25.1 Å². The van der Waals surface area contributed by atoms with Gasteiger partial charge in [-0.25, -0.2) is 0 Å². The number of nitrogen functional groups attached to an aromatic ring is 1. The molecule has 0 radical (unpaired) electrons. The largest absolute Gasteiger partial charge is 0.399 e. The number of aromatic nitrogens is 3. The summed E-state index contributed by atoms with van der Waals surface area (Å²) in [5.74, 6) is 0. The highest BCUT2D eigenvalue weighted by Crippen LogP contribution is 2.18. The molecule has 0 aliphatic rings. The zero-order chi connectivity index (χ0) is 12.3. The van der Waals surface area contributed by atoms with E-state index in [1.165, 1.54) is 0 Å². The van der Waals surface area contributed by atoms with Gasteiger partial charge in [0.15, 0.2) is 0 Å². The average Bonchev–Trinajstić information content (AvgIpc) is 2.72. The van der Waals surface area contributed by atoms with Gasteiger partial charge in [-0.3, -0.25) is 4.68 Å². The summed E-state index contributed by atoms with van der Waals surface area (Å²) < 4.78 is 1.71. The lowest BCUT2D eigenvalue weighted by Gasteiger charge is -2.22. The lowest BCUT2D eigenvalue weighted by Crippen LogP contribution is -2.22. The molecule has 0 amide bonds. The van der Waals surface area contributed by atoms with Gasteiger partial charge in [-0.15, -0.1) is 5.10 Å². The lowest BCUT2D eigenvalue weighted by atomic mass is 10.2. The molecule has 0 spiro atoms. The minimum absolute atomic E-state index is 0.744. The van der Waals surface area contributed by atoms with Gasteiger partial charge in [0, 0.05) is 31.2 Å². The first-order chi connectivity index (χ1) is 8.19. The van der Waals surface area contributed by atoms with Gasteiger partial charge in [0.25, 0.3) is 0 Å². The first-order valence-electron chi connectivity index (χ1n) is 5.64. The van der Waals surface area contributed by atoms with Gasteiger partial charge in [0.2, 0.25) is 0 Å². The van der Waals surface area contributed by atoms with Gasteiger partial charge in [0.1, 0.15) is 5.69 Å². The molecule has 0 aliphatic heterocycles. The van der Waals surface area contributed by atoms with Crippen LogP contribution in [0.25, 0.3) is 0 Å². The van der Waals surface area contributed by atoms with Crippen molar-refractivity contribution in [1.82, 2.24) is 15.0 Å². The van der Waals surface area contributed by atoms with Crippen molar-refractivity contribution in [3.63, 3.8) is 0 Å². The van der Waals surface area contributed by atoms with Crippen molar-refractivity contribution >= 4 is 11.4 Å². The summed E-state index contributed by atoms with van der Waals surface area (Å²) in [4.78, 5) is 2.21. The maximum atomic E-state index is 5.79. The standard InChI is InChI=1S/C12H17N5/c1-3-17(9-11-8-16(2)15-14-11)12-6-4-5-10(13)7-12/h4-8H,3,9,13H2,1-2H3. The van der Waals surface area contributed by atoms with Crippen LogP contribution in [0, 0.1) is 0 Å². The fourth-order valence-corrected chi connectivity index (χ4v) is 1.77. The summed E-state index contributed by atoms with van der Waals surface area (Å²) in [5, 5.41) is 8.02. The molecule has 1 aromatic carbocycles. The van der Waals surface area contributed by atoms with Gasteiger partial charge >= 0.3 is 0 Å². The second kappa shape index (κ2) is 4.86. The Bertz CT molecular complexity index is 491. The second-order valence-corrected chi connectivity index (χ2v) is 3.99. The van der Waals surface area contributed by atoms with Crippen LogP contribution in [0.4, 0.5) is 11.4 Å². The Hall–Kier alpha value is -2.04. The zero-order valence-corrected chi connectivity index (χ0v) is 10.2. The van der Waals surface area contributed by atoms with Crippen molar-refractivity contribution in [1.29, 1.82) is 0 Å². The average molecular weight is 231 g/mol. The van der Waals surface area contributed by atoms with Crippen LogP contribution in [0.1, 0.15) is 12.6 Å². The monoisotopic (exact) mass is 231 g/mol. The Morgan fingerprint density at radius 3 is 2.82 bits per heavy atom. The van der Waals surface area contributed by atoms with E-state index in [2.05, 4.69) is 28.2 Å². The molecule has 0 saturated carbocycles. The minimum Gasteiger partial charge on any atom is -0.399 e. The predicted molar refractivity (Wildman–Crippen MR) is 68.6 cm³/mol. The maximum absolute atomic E-state index is 5.79. The lowest BCUT2D eigenvalue weighted by molar-refractivity contribution is 0.711. The van der Waals surface area contributed by atoms with Crippen LogP contribution >= 0.6 is 0 Å². The second-order valence-electron chi connectivity index (χ2n) is 3.99. The number of benzene rings is 1. The summed E-state index contributed by atoms with van der Waals surface area (Å²) in [5.41, 5.74) is 8.63. The molecule has 0 unspecified atom stereocenters. The Kier molecular flexibility index (Phi) is 3.27. The van der Waals surface area contributed by atoms with Crippen molar-refractivity contribution in [2.24, 2.45) is 7.05 Å². The molecule has 5 nitrogen and oxygen atoms in total. The van der Waals surface area contributed by atoms with E-state index in [1.807, 2.05) is 31.4 Å². The predicted octanol–water partition coefficient (Wildman–Crippen LogP) is 1.42. The number of anilines is 2. The number of rotatable bonds is 4. The molecular formula is C12H17N5. The van der Waals surface area contributed by atoms with E-state index in [4.69, 9.17) is 5.73 Å². The molecule has 90 valence electrons. The van der Waals surface area contributed by atoms with Crippen LogP contribution in [0.15, 0.2) is 30.5 Å². The van der Waals surface area contributed by atoms with Gasteiger partial charge in [0.05, 0.1) is 6.54 Å². The molecule has 0 aliphatic carbocycles. The number of nitrogens with zero attached hydrogens (tertiary/aromatic N) is 4. The number of nitrogens with two attached hydrogens (primary N) is 1. The summed E-state index contributed by atoms with van der Waals surface area (Å²) in [6.45, 7) is 3.76. The van der Waals surface area contributed by atoms with E-state index >= 15 is 0 Å². The quantitative estimate of drug-likeness (QED) is 0.808. The van der Waals surface area contributed by atoms with Crippen LogP contribution < -0.4 is 10.6 Å². The van der Waals surface area contributed by atoms with E-state index in [-0.39, 0.29) is 0 Å². The van der Waals surface area contributed by atoms with Crippen LogP contribution in [0.3, 0.4) is 0 Å². The van der Waals surface area contributed by atoms with Crippen molar-refractivity contribution in [3.8, 4) is 0 Å². The third-order valence-electron chi connectivity index (χ3n) is 2.62. The zero-order valence-electron chi connectivity index (χ0n) is 10.2. The molecule has 2 N–H and O–H groups in total. The smallest absolute Gasteiger partial charge is 0.102 e. The molecule has 5 heteroatoms. The molecule has 0 atom stereocenters. The van der Waals surface area contributed by atoms with Crippen molar-refractivity contribution in [3.05, 3.63) is 36.2 Å². The molecule has 1 aromatic heterocycles. The van der Waals surface area contributed by atoms with E-state index in [0.29, 0.717) is 0 Å². The SMILES string of the molecule is CCN(Cc1cn(C)nn1)c1cccc(N)c1. The van der Waals surface area contributed by atoms with Crippen LogP contribution in [0.2, 0.25) is 0 Å². The minimum atomic E-state index is 0.744. The molecule has 2 aromatic rings. The van der Waals surface area contributed by atoms with Crippen LogP contribution in [-0.4, -0.2) is 21.5 Å². The number of hydrogen-bond donors (Lipinski definition) is 1. The highest BCUT2D eigenvalue weighted by molar-refractivity contribution is 5.55. The molecule has 0 saturated heterocycles. The Balaban J connectivity index is 2.16. The first-order valence-corrected chi connectivity index (χ1v) is 5.64. The van der Waals surface area contributed by atoms with Crippen molar-refractivity contribution in [2.45, 2.75) is 13.5 Å². The highest BCUT2D eigenvalue weighted by Gasteiger charge is 2.07. The Morgan fingerprint density at radius 1 is 1.41 bits per heavy atom. The van der Waals surface area contributed by atoms with Crippen molar-refractivity contribution in [2.75, 3.05) is 17.2 Å². The van der Waals surface area contributed by atoms with Crippen molar-refractivity contribution < 1.29 is 0 Å². The van der Waals surface area contributed by atoms with E-state index < -0.39 is 0 Å². The third-order valence-corrected chi connectivity index (χ3v) is 2.62. The Labute approximate surface area is 101 Å². The van der Waals surface area contributed by atoms with E-state index in [0.717, 1.165) is 30.2 Å². The molecule has 0 fully saturated rings. The molecule has 0 bridgehead atoms. The maximum Gasteiger partial charge on any atom is 0.102 e. The number of hydrogen-bond acceptors (Lipinski definition) is 4. The fourth-order valence-electron chi connectivity index (χ4n) is 1.77. The normalized spacial score (nSPS) is 10.5. The summed E-state index contributed by atoms with van der Waals surface area (Å²) >= 11 is 0.